The molecule has 1 unspecified atom stereocenters. The number of hydrogen-bond donors (Lipinski definition) is 2. The number of aliphatic hydroxyl groups is 1. The molecule has 1 aliphatic rings. The molecule has 3 heteroatoms. The molecular weight excluding hydrogens is 142 g/mol. The fourth-order valence-corrected chi connectivity index (χ4v) is 1.09. The second-order valence-electron chi connectivity index (χ2n) is 3.10. The summed E-state index contributed by atoms with van der Waals surface area (Å²) in [6, 6.07) is 0. The maximum atomic E-state index is 9.67. The Morgan fingerprint density at radius 1 is 1.82 bits per heavy atom. The Hall–Kier alpha value is -0.540. The molecule has 0 aromatic carbocycles. The van der Waals surface area contributed by atoms with Crippen LogP contribution in [0.15, 0.2) is 11.8 Å². The summed E-state index contributed by atoms with van der Waals surface area (Å²) < 4.78 is 5.09. The van der Waals surface area contributed by atoms with Gasteiger partial charge in [-0.05, 0) is 25.3 Å². The summed E-state index contributed by atoms with van der Waals surface area (Å²) in [5.41, 5.74) is 5.42. The topological polar surface area (TPSA) is 55.5 Å². The zero-order valence-corrected chi connectivity index (χ0v) is 6.84. The van der Waals surface area contributed by atoms with Gasteiger partial charge in [0, 0.05) is 6.54 Å². The lowest BCUT2D eigenvalue weighted by molar-refractivity contribution is 0.0884. The number of rotatable bonds is 2. The minimum absolute atomic E-state index is 0.252. The van der Waals surface area contributed by atoms with Crippen LogP contribution in [-0.4, -0.2) is 23.9 Å². The Bertz CT molecular complexity index is 163. The third kappa shape index (κ3) is 1.94. The third-order valence-electron chi connectivity index (χ3n) is 2.02. The summed E-state index contributed by atoms with van der Waals surface area (Å²) in [5, 5.41) is 9.67. The maximum Gasteiger partial charge on any atom is 0.0982 e. The Morgan fingerprint density at radius 2 is 2.55 bits per heavy atom. The molecule has 1 atom stereocenters. The van der Waals surface area contributed by atoms with E-state index in [1.54, 1.807) is 13.2 Å². The van der Waals surface area contributed by atoms with Crippen molar-refractivity contribution < 1.29 is 9.84 Å². The van der Waals surface area contributed by atoms with E-state index >= 15 is 0 Å². The fourth-order valence-electron chi connectivity index (χ4n) is 1.09. The lowest BCUT2D eigenvalue weighted by Gasteiger charge is -2.26. The van der Waals surface area contributed by atoms with E-state index in [1.165, 1.54) is 0 Å². The van der Waals surface area contributed by atoms with Crippen LogP contribution in [0.3, 0.4) is 0 Å². The van der Waals surface area contributed by atoms with E-state index in [1.807, 2.05) is 0 Å². The summed E-state index contributed by atoms with van der Waals surface area (Å²) in [7, 11) is 0. The zero-order chi connectivity index (χ0) is 8.32. The van der Waals surface area contributed by atoms with Crippen molar-refractivity contribution in [2.24, 2.45) is 5.73 Å². The van der Waals surface area contributed by atoms with Gasteiger partial charge < -0.3 is 15.6 Å². The average molecular weight is 157 g/mol. The van der Waals surface area contributed by atoms with Crippen molar-refractivity contribution in [1.29, 1.82) is 0 Å². The van der Waals surface area contributed by atoms with Crippen LogP contribution in [0.2, 0.25) is 0 Å². The van der Waals surface area contributed by atoms with E-state index in [4.69, 9.17) is 10.5 Å². The molecule has 0 saturated carbocycles. The first-order valence-electron chi connectivity index (χ1n) is 3.90. The van der Waals surface area contributed by atoms with Gasteiger partial charge in [0.15, 0.2) is 0 Å². The smallest absolute Gasteiger partial charge is 0.0982 e. The van der Waals surface area contributed by atoms with Crippen LogP contribution in [0.5, 0.6) is 0 Å². The van der Waals surface area contributed by atoms with Crippen molar-refractivity contribution in [3.05, 3.63) is 11.8 Å². The number of nitrogens with two attached hydrogens (primary N) is 1. The average Bonchev–Trinajstić information content (AvgIpc) is 2.06. The first-order chi connectivity index (χ1) is 5.17. The van der Waals surface area contributed by atoms with Crippen LogP contribution in [0.1, 0.15) is 19.8 Å². The summed E-state index contributed by atoms with van der Waals surface area (Å²) in [5.74, 6) is 0. The van der Waals surface area contributed by atoms with Crippen molar-refractivity contribution >= 4 is 0 Å². The molecule has 64 valence electrons. The molecule has 0 aromatic rings. The molecule has 0 bridgehead atoms. The first-order valence-corrected chi connectivity index (χ1v) is 3.90. The predicted molar refractivity (Wildman–Crippen MR) is 42.9 cm³/mol. The monoisotopic (exact) mass is 157 g/mol. The Labute approximate surface area is 66.8 Å². The highest BCUT2D eigenvalue weighted by atomic mass is 16.5. The van der Waals surface area contributed by atoms with Gasteiger partial charge in [0.25, 0.3) is 0 Å². The predicted octanol–water partition coefficient (Wildman–Crippen LogP) is 0.390. The molecule has 3 N–H and O–H groups in total. The zero-order valence-electron chi connectivity index (χ0n) is 6.84. The highest BCUT2D eigenvalue weighted by molar-refractivity contribution is 5.14. The Balaban J connectivity index is 2.64. The number of hydrogen-bond acceptors (Lipinski definition) is 3. The highest BCUT2D eigenvalue weighted by Crippen LogP contribution is 2.23. The van der Waals surface area contributed by atoms with E-state index in [0.29, 0.717) is 0 Å². The second-order valence-corrected chi connectivity index (χ2v) is 3.10. The molecule has 0 spiro atoms. The largest absolute Gasteiger partial charge is 0.501 e. The van der Waals surface area contributed by atoms with Gasteiger partial charge in [-0.15, -0.1) is 0 Å². The standard InChI is InChI=1S/C8H15NO2/c1-8(10,6-9)7-3-2-4-11-5-7/h5,10H,2-4,6,9H2,1H3. The summed E-state index contributed by atoms with van der Waals surface area (Å²) >= 11 is 0. The normalized spacial score (nSPS) is 23.4. The minimum Gasteiger partial charge on any atom is -0.501 e. The molecule has 1 heterocycles. The van der Waals surface area contributed by atoms with Crippen molar-refractivity contribution in [3.8, 4) is 0 Å². The maximum absolute atomic E-state index is 9.67. The van der Waals surface area contributed by atoms with Gasteiger partial charge in [-0.25, -0.2) is 0 Å². The third-order valence-corrected chi connectivity index (χ3v) is 2.02. The van der Waals surface area contributed by atoms with Crippen molar-refractivity contribution in [3.63, 3.8) is 0 Å². The van der Waals surface area contributed by atoms with Crippen molar-refractivity contribution in [1.82, 2.24) is 0 Å². The van der Waals surface area contributed by atoms with E-state index in [0.717, 1.165) is 25.0 Å². The van der Waals surface area contributed by atoms with Crippen LogP contribution < -0.4 is 5.73 Å². The summed E-state index contributed by atoms with van der Waals surface area (Å²) in [4.78, 5) is 0. The molecule has 3 nitrogen and oxygen atoms in total. The van der Waals surface area contributed by atoms with Crippen LogP contribution >= 0.6 is 0 Å². The summed E-state index contributed by atoms with van der Waals surface area (Å²) in [6.45, 7) is 2.72. The quantitative estimate of drug-likeness (QED) is 0.609. The fraction of sp³-hybridized carbons (Fsp3) is 0.750. The van der Waals surface area contributed by atoms with Crippen molar-refractivity contribution in [2.75, 3.05) is 13.2 Å². The van der Waals surface area contributed by atoms with Crippen LogP contribution in [0.4, 0.5) is 0 Å². The van der Waals surface area contributed by atoms with E-state index < -0.39 is 5.60 Å². The van der Waals surface area contributed by atoms with Gasteiger partial charge in [0.05, 0.1) is 18.5 Å². The van der Waals surface area contributed by atoms with E-state index in [-0.39, 0.29) is 6.54 Å². The van der Waals surface area contributed by atoms with E-state index in [9.17, 15) is 5.11 Å². The molecule has 0 aromatic heterocycles. The molecule has 1 aliphatic heterocycles. The van der Waals surface area contributed by atoms with Crippen LogP contribution in [0.25, 0.3) is 0 Å². The molecule has 0 aliphatic carbocycles. The van der Waals surface area contributed by atoms with Gasteiger partial charge >= 0.3 is 0 Å². The highest BCUT2D eigenvalue weighted by Gasteiger charge is 2.25. The van der Waals surface area contributed by atoms with Gasteiger partial charge in [-0.1, -0.05) is 0 Å². The lowest BCUT2D eigenvalue weighted by atomic mass is 9.92. The second kappa shape index (κ2) is 3.24. The van der Waals surface area contributed by atoms with Gasteiger partial charge in [0.1, 0.15) is 0 Å². The Kier molecular flexibility index (Phi) is 2.52. The molecule has 1 rings (SSSR count). The van der Waals surface area contributed by atoms with Crippen LogP contribution in [0, 0.1) is 0 Å². The van der Waals surface area contributed by atoms with Gasteiger partial charge in [-0.3, -0.25) is 0 Å². The van der Waals surface area contributed by atoms with Gasteiger partial charge in [0.2, 0.25) is 0 Å². The SMILES string of the molecule is CC(O)(CN)C1=COCCC1. The van der Waals surface area contributed by atoms with Crippen molar-refractivity contribution in [2.45, 2.75) is 25.4 Å². The lowest BCUT2D eigenvalue weighted by Crippen LogP contribution is -2.37. The summed E-state index contributed by atoms with van der Waals surface area (Å²) in [6.07, 6.45) is 3.50. The molecule has 0 saturated heterocycles. The first kappa shape index (κ1) is 8.56. The van der Waals surface area contributed by atoms with Crippen LogP contribution in [-0.2, 0) is 4.74 Å². The molecule has 0 fully saturated rings. The molecule has 11 heavy (non-hydrogen) atoms. The molecule has 0 amide bonds. The van der Waals surface area contributed by atoms with E-state index in [2.05, 4.69) is 0 Å². The Morgan fingerprint density at radius 3 is 3.00 bits per heavy atom. The molecule has 0 radical (unpaired) electrons. The van der Waals surface area contributed by atoms with Gasteiger partial charge in [-0.2, -0.15) is 0 Å². The number of ether oxygens (including phenoxy) is 1. The minimum atomic E-state index is -0.875. The molecular formula is C8H15NO2.